The normalized spacial score (nSPS) is 23.3. The summed E-state index contributed by atoms with van der Waals surface area (Å²) in [6.07, 6.45) is 2.36. The summed E-state index contributed by atoms with van der Waals surface area (Å²) in [4.78, 5) is 15.5. The van der Waals surface area contributed by atoms with Crippen molar-refractivity contribution in [3.05, 3.63) is 66.2 Å². The van der Waals surface area contributed by atoms with Crippen molar-refractivity contribution in [1.29, 1.82) is 0 Å². The fourth-order valence-corrected chi connectivity index (χ4v) is 5.92. The molecule has 2 atom stereocenters. The van der Waals surface area contributed by atoms with Gasteiger partial charge in [0.05, 0.1) is 10.8 Å². The number of nitrogens with zero attached hydrogens (tertiary/aromatic N) is 2. The highest BCUT2D eigenvalue weighted by molar-refractivity contribution is 7.89. The van der Waals surface area contributed by atoms with Gasteiger partial charge in [-0.3, -0.25) is 9.69 Å². The lowest BCUT2D eigenvalue weighted by Gasteiger charge is -2.31. The number of piperidine rings is 1. The van der Waals surface area contributed by atoms with Gasteiger partial charge >= 0.3 is 0 Å². The highest BCUT2D eigenvalue weighted by Gasteiger charge is 2.34. The van der Waals surface area contributed by atoms with Gasteiger partial charge < -0.3 is 5.32 Å². The Morgan fingerprint density at radius 2 is 1.63 bits per heavy atom. The van der Waals surface area contributed by atoms with E-state index in [2.05, 4.69) is 22.3 Å². The first kappa shape index (κ1) is 21.0. The van der Waals surface area contributed by atoms with Gasteiger partial charge in [0, 0.05) is 38.8 Å². The molecule has 2 aliphatic rings. The number of benzene rings is 2. The second-order valence-electron chi connectivity index (χ2n) is 8.23. The van der Waals surface area contributed by atoms with Crippen LogP contribution in [-0.2, 0) is 21.4 Å². The lowest BCUT2D eigenvalue weighted by Crippen LogP contribution is -2.48. The molecule has 2 aromatic rings. The SMILES string of the molecule is O=C(N[C@H]1CCN(Cc2ccccc2)C1)[C@@H]1CCCN(S(=O)(=O)c2ccccc2)C1. The van der Waals surface area contributed by atoms with Crippen molar-refractivity contribution in [1.82, 2.24) is 14.5 Å². The van der Waals surface area contributed by atoms with Crippen molar-refractivity contribution in [2.45, 2.75) is 36.7 Å². The molecule has 7 heteroatoms. The summed E-state index contributed by atoms with van der Waals surface area (Å²) in [5.41, 5.74) is 1.28. The third kappa shape index (κ3) is 4.91. The Morgan fingerprint density at radius 1 is 0.933 bits per heavy atom. The van der Waals surface area contributed by atoms with Crippen molar-refractivity contribution in [3.8, 4) is 0 Å². The van der Waals surface area contributed by atoms with Crippen molar-refractivity contribution >= 4 is 15.9 Å². The minimum absolute atomic E-state index is 0.0190. The average molecular weight is 428 g/mol. The molecule has 2 saturated heterocycles. The molecule has 1 N–H and O–H groups in total. The molecule has 0 bridgehead atoms. The molecule has 2 heterocycles. The van der Waals surface area contributed by atoms with Crippen LogP contribution in [0, 0.1) is 5.92 Å². The highest BCUT2D eigenvalue weighted by Crippen LogP contribution is 2.24. The molecule has 0 aliphatic carbocycles. The molecule has 6 nitrogen and oxygen atoms in total. The predicted molar refractivity (Wildman–Crippen MR) is 116 cm³/mol. The summed E-state index contributed by atoms with van der Waals surface area (Å²) in [6.45, 7) is 3.40. The van der Waals surface area contributed by atoms with Crippen molar-refractivity contribution in [2.24, 2.45) is 5.92 Å². The van der Waals surface area contributed by atoms with E-state index in [-0.39, 0.29) is 24.4 Å². The minimum atomic E-state index is -3.55. The van der Waals surface area contributed by atoms with Crippen LogP contribution in [0.4, 0.5) is 0 Å². The molecule has 0 spiro atoms. The van der Waals surface area contributed by atoms with Crippen LogP contribution in [0.1, 0.15) is 24.8 Å². The van der Waals surface area contributed by atoms with Crippen LogP contribution in [0.3, 0.4) is 0 Å². The van der Waals surface area contributed by atoms with E-state index in [9.17, 15) is 13.2 Å². The minimum Gasteiger partial charge on any atom is -0.352 e. The molecule has 30 heavy (non-hydrogen) atoms. The molecular weight excluding hydrogens is 398 g/mol. The monoisotopic (exact) mass is 427 g/mol. The molecule has 2 aliphatic heterocycles. The third-order valence-corrected chi connectivity index (χ3v) is 7.88. The second kappa shape index (κ2) is 9.29. The van der Waals surface area contributed by atoms with Gasteiger partial charge in [0.15, 0.2) is 0 Å². The van der Waals surface area contributed by atoms with E-state index in [1.807, 2.05) is 18.2 Å². The average Bonchev–Trinajstić information content (AvgIpc) is 3.21. The maximum atomic E-state index is 12.9. The number of amides is 1. The van der Waals surface area contributed by atoms with Crippen LogP contribution in [0.2, 0.25) is 0 Å². The standard InChI is InChI=1S/C23H29N3O3S/c27-23(24-21-13-15-25(18-21)16-19-8-3-1-4-9-19)20-10-7-14-26(17-20)30(28,29)22-11-5-2-6-12-22/h1-6,8-9,11-12,20-21H,7,10,13-18H2,(H,24,27)/t20-,21+/m1/s1. The Morgan fingerprint density at radius 3 is 2.37 bits per heavy atom. The number of hydrogen-bond donors (Lipinski definition) is 1. The first-order valence-corrected chi connectivity index (χ1v) is 12.1. The number of likely N-dealkylation sites (tertiary alicyclic amines) is 1. The van der Waals surface area contributed by atoms with Crippen LogP contribution >= 0.6 is 0 Å². The zero-order valence-electron chi connectivity index (χ0n) is 17.1. The zero-order chi connectivity index (χ0) is 21.0. The van der Waals surface area contributed by atoms with Gasteiger partial charge in [-0.2, -0.15) is 4.31 Å². The molecular formula is C23H29N3O3S. The summed E-state index contributed by atoms with van der Waals surface area (Å²) in [6, 6.07) is 18.9. The highest BCUT2D eigenvalue weighted by atomic mass is 32.2. The lowest BCUT2D eigenvalue weighted by atomic mass is 9.98. The molecule has 160 valence electrons. The topological polar surface area (TPSA) is 69.7 Å². The molecule has 1 amide bonds. The number of sulfonamides is 1. The van der Waals surface area contributed by atoms with E-state index in [1.165, 1.54) is 9.87 Å². The van der Waals surface area contributed by atoms with E-state index < -0.39 is 10.0 Å². The Labute approximate surface area is 178 Å². The van der Waals surface area contributed by atoms with E-state index in [4.69, 9.17) is 0 Å². The van der Waals surface area contributed by atoms with Gasteiger partial charge in [0.1, 0.15) is 0 Å². The number of carbonyl (C=O) groups excluding carboxylic acids is 1. The lowest BCUT2D eigenvalue weighted by molar-refractivity contribution is -0.126. The van der Waals surface area contributed by atoms with E-state index >= 15 is 0 Å². The van der Waals surface area contributed by atoms with Gasteiger partial charge in [-0.25, -0.2) is 8.42 Å². The van der Waals surface area contributed by atoms with E-state index in [0.717, 1.165) is 32.5 Å². The summed E-state index contributed by atoms with van der Waals surface area (Å²) in [5.74, 6) is -0.310. The molecule has 4 rings (SSSR count). The number of carbonyl (C=O) groups is 1. The summed E-state index contributed by atoms with van der Waals surface area (Å²) < 4.78 is 27.3. The van der Waals surface area contributed by atoms with Gasteiger partial charge in [0.25, 0.3) is 0 Å². The Kier molecular flexibility index (Phi) is 6.51. The van der Waals surface area contributed by atoms with Crippen molar-refractivity contribution in [3.63, 3.8) is 0 Å². The van der Waals surface area contributed by atoms with Gasteiger partial charge in [0.2, 0.25) is 15.9 Å². The molecule has 2 aromatic carbocycles. The fraction of sp³-hybridized carbons (Fsp3) is 0.435. The number of rotatable bonds is 6. The van der Waals surface area contributed by atoms with E-state index in [0.29, 0.717) is 17.9 Å². The first-order chi connectivity index (χ1) is 14.5. The largest absolute Gasteiger partial charge is 0.352 e. The maximum absolute atomic E-state index is 12.9. The predicted octanol–water partition coefficient (Wildman–Crippen LogP) is 2.48. The first-order valence-electron chi connectivity index (χ1n) is 10.6. The Hall–Kier alpha value is -2.22. The number of hydrogen-bond acceptors (Lipinski definition) is 4. The zero-order valence-corrected chi connectivity index (χ0v) is 17.9. The Balaban J connectivity index is 1.32. The van der Waals surface area contributed by atoms with E-state index in [1.54, 1.807) is 30.3 Å². The second-order valence-corrected chi connectivity index (χ2v) is 10.2. The summed E-state index contributed by atoms with van der Waals surface area (Å²) in [5, 5.41) is 3.17. The molecule has 2 fully saturated rings. The smallest absolute Gasteiger partial charge is 0.243 e. The molecule has 0 saturated carbocycles. The summed E-state index contributed by atoms with van der Waals surface area (Å²) >= 11 is 0. The molecule has 0 aromatic heterocycles. The van der Waals surface area contributed by atoms with Crippen molar-refractivity contribution < 1.29 is 13.2 Å². The number of nitrogens with one attached hydrogen (secondary N) is 1. The van der Waals surface area contributed by atoms with Crippen LogP contribution < -0.4 is 5.32 Å². The van der Waals surface area contributed by atoms with Crippen LogP contribution in [0.5, 0.6) is 0 Å². The van der Waals surface area contributed by atoms with Crippen LogP contribution in [-0.4, -0.2) is 55.8 Å². The van der Waals surface area contributed by atoms with Crippen LogP contribution in [0.25, 0.3) is 0 Å². The Bertz CT molecular complexity index is 950. The van der Waals surface area contributed by atoms with Gasteiger partial charge in [-0.05, 0) is 37.0 Å². The molecule has 0 unspecified atom stereocenters. The molecule has 0 radical (unpaired) electrons. The maximum Gasteiger partial charge on any atom is 0.243 e. The van der Waals surface area contributed by atoms with Gasteiger partial charge in [-0.15, -0.1) is 0 Å². The quantitative estimate of drug-likeness (QED) is 0.769. The van der Waals surface area contributed by atoms with Gasteiger partial charge in [-0.1, -0.05) is 48.5 Å². The summed E-state index contributed by atoms with van der Waals surface area (Å²) in [7, 11) is -3.55. The third-order valence-electron chi connectivity index (χ3n) is 6.00. The van der Waals surface area contributed by atoms with Crippen LogP contribution in [0.15, 0.2) is 65.6 Å². The fourth-order valence-electron chi connectivity index (χ4n) is 4.37. The van der Waals surface area contributed by atoms with Crippen molar-refractivity contribution in [2.75, 3.05) is 26.2 Å².